The molecule has 0 aliphatic rings. The number of carbonyl (C=O) groups excluding carboxylic acids is 1. The molecule has 1 heterocycles. The maximum absolute atomic E-state index is 13.1. The molecule has 0 saturated heterocycles. The fourth-order valence-corrected chi connectivity index (χ4v) is 3.37. The van der Waals surface area contributed by atoms with Crippen LogP contribution in [0.2, 0.25) is 5.02 Å². The molecular formula is C21H22ClN3O3. The fraction of sp³-hybridized carbons (Fsp3) is 0.286. The molecule has 0 aliphatic carbocycles. The minimum absolute atomic E-state index is 0.109. The summed E-state index contributed by atoms with van der Waals surface area (Å²) < 4.78 is 2.55. The Balaban J connectivity index is 2.14. The van der Waals surface area contributed by atoms with E-state index in [0.29, 0.717) is 29.0 Å². The molecule has 28 heavy (non-hydrogen) atoms. The van der Waals surface area contributed by atoms with E-state index in [1.807, 2.05) is 13.8 Å². The van der Waals surface area contributed by atoms with Gasteiger partial charge in [-0.2, -0.15) is 0 Å². The van der Waals surface area contributed by atoms with Crippen molar-refractivity contribution in [1.82, 2.24) is 14.0 Å². The molecule has 1 amide bonds. The van der Waals surface area contributed by atoms with Gasteiger partial charge in [-0.05, 0) is 43.7 Å². The normalized spacial score (nSPS) is 11.0. The number of fused-ring (bicyclic) bond motifs is 1. The van der Waals surface area contributed by atoms with Crippen LogP contribution in [0.3, 0.4) is 0 Å². The van der Waals surface area contributed by atoms with E-state index in [9.17, 15) is 14.4 Å². The Morgan fingerprint density at radius 1 is 0.964 bits per heavy atom. The first-order valence-corrected chi connectivity index (χ1v) is 9.58. The summed E-state index contributed by atoms with van der Waals surface area (Å²) in [4.78, 5) is 40.4. The van der Waals surface area contributed by atoms with Crippen molar-refractivity contribution in [3.05, 3.63) is 80.0 Å². The SMILES string of the molecule is CCN(CC)C(=O)Cn1c(=O)n(Cc2ccc(Cl)cc2)c(=O)c2ccccc21. The van der Waals surface area contributed by atoms with E-state index in [1.165, 1.54) is 9.13 Å². The number of aromatic nitrogens is 2. The van der Waals surface area contributed by atoms with Gasteiger partial charge in [0.25, 0.3) is 5.56 Å². The fourth-order valence-electron chi connectivity index (χ4n) is 3.25. The third kappa shape index (κ3) is 3.87. The topological polar surface area (TPSA) is 64.3 Å². The molecular weight excluding hydrogens is 378 g/mol. The van der Waals surface area contributed by atoms with E-state index in [0.717, 1.165) is 5.56 Å². The molecule has 3 rings (SSSR count). The largest absolute Gasteiger partial charge is 0.342 e. The zero-order chi connectivity index (χ0) is 20.3. The van der Waals surface area contributed by atoms with Gasteiger partial charge in [0.1, 0.15) is 6.54 Å². The van der Waals surface area contributed by atoms with Crippen LogP contribution in [0.5, 0.6) is 0 Å². The van der Waals surface area contributed by atoms with Crippen LogP contribution in [0.1, 0.15) is 19.4 Å². The number of likely N-dealkylation sites (N-methyl/N-ethyl adjacent to an activating group) is 1. The van der Waals surface area contributed by atoms with E-state index in [2.05, 4.69) is 0 Å². The second-order valence-electron chi connectivity index (χ2n) is 6.47. The molecule has 0 aliphatic heterocycles. The Labute approximate surface area is 167 Å². The van der Waals surface area contributed by atoms with Gasteiger partial charge in [0.15, 0.2) is 0 Å². The Morgan fingerprint density at radius 3 is 2.25 bits per heavy atom. The molecule has 146 valence electrons. The summed E-state index contributed by atoms with van der Waals surface area (Å²) in [5.41, 5.74) is 0.368. The highest BCUT2D eigenvalue weighted by Crippen LogP contribution is 2.11. The number of hydrogen-bond donors (Lipinski definition) is 0. The number of rotatable bonds is 6. The minimum Gasteiger partial charge on any atom is -0.342 e. The van der Waals surface area contributed by atoms with Gasteiger partial charge in [0, 0.05) is 18.1 Å². The predicted octanol–water partition coefficient (Wildman–Crippen LogP) is 2.73. The highest BCUT2D eigenvalue weighted by molar-refractivity contribution is 6.30. The average Bonchev–Trinajstić information content (AvgIpc) is 2.71. The molecule has 0 atom stereocenters. The minimum atomic E-state index is -0.501. The third-order valence-corrected chi connectivity index (χ3v) is 5.05. The first kappa shape index (κ1) is 19.9. The van der Waals surface area contributed by atoms with Crippen LogP contribution in [0.15, 0.2) is 58.1 Å². The standard InChI is InChI=1S/C21H22ClN3O3/c1-3-23(4-2)19(26)14-24-18-8-6-5-7-17(18)20(27)25(21(24)28)13-15-9-11-16(22)12-10-15/h5-12H,3-4,13-14H2,1-2H3. The lowest BCUT2D eigenvalue weighted by atomic mass is 10.2. The predicted molar refractivity (Wildman–Crippen MR) is 111 cm³/mol. The van der Waals surface area contributed by atoms with Gasteiger partial charge in [-0.15, -0.1) is 0 Å². The van der Waals surface area contributed by atoms with Gasteiger partial charge in [0.05, 0.1) is 17.4 Å². The number of hydrogen-bond acceptors (Lipinski definition) is 3. The molecule has 6 nitrogen and oxygen atoms in total. The van der Waals surface area contributed by atoms with Gasteiger partial charge < -0.3 is 4.90 Å². The first-order valence-electron chi connectivity index (χ1n) is 9.20. The van der Waals surface area contributed by atoms with Crippen molar-refractivity contribution in [2.75, 3.05) is 13.1 Å². The van der Waals surface area contributed by atoms with Crippen LogP contribution >= 0.6 is 11.6 Å². The van der Waals surface area contributed by atoms with E-state index in [-0.39, 0.29) is 24.6 Å². The Hall–Kier alpha value is -2.86. The monoisotopic (exact) mass is 399 g/mol. The van der Waals surface area contributed by atoms with Crippen molar-refractivity contribution >= 4 is 28.4 Å². The molecule has 0 radical (unpaired) electrons. The average molecular weight is 400 g/mol. The number of nitrogens with zero attached hydrogens (tertiary/aromatic N) is 3. The van der Waals surface area contributed by atoms with Crippen LogP contribution in [0.25, 0.3) is 10.9 Å². The van der Waals surface area contributed by atoms with Crippen molar-refractivity contribution in [3.8, 4) is 0 Å². The van der Waals surface area contributed by atoms with Crippen LogP contribution in [0.4, 0.5) is 0 Å². The number of para-hydroxylation sites is 1. The lowest BCUT2D eigenvalue weighted by molar-refractivity contribution is -0.131. The van der Waals surface area contributed by atoms with Gasteiger partial charge in [-0.25, -0.2) is 4.79 Å². The third-order valence-electron chi connectivity index (χ3n) is 4.80. The van der Waals surface area contributed by atoms with Gasteiger partial charge >= 0.3 is 5.69 Å². The number of amides is 1. The molecule has 7 heteroatoms. The Morgan fingerprint density at radius 2 is 1.61 bits per heavy atom. The molecule has 0 bridgehead atoms. The molecule has 2 aromatic carbocycles. The summed E-state index contributed by atoms with van der Waals surface area (Å²) in [6, 6.07) is 13.8. The zero-order valence-electron chi connectivity index (χ0n) is 15.9. The van der Waals surface area contributed by atoms with Crippen molar-refractivity contribution in [3.63, 3.8) is 0 Å². The molecule has 0 fully saturated rings. The van der Waals surface area contributed by atoms with Crippen molar-refractivity contribution in [2.24, 2.45) is 0 Å². The van der Waals surface area contributed by atoms with E-state index in [4.69, 9.17) is 11.6 Å². The maximum Gasteiger partial charge on any atom is 0.332 e. The van der Waals surface area contributed by atoms with Crippen LogP contribution in [0, 0.1) is 0 Å². The van der Waals surface area contributed by atoms with Gasteiger partial charge in [-0.3, -0.25) is 18.7 Å². The number of halogens is 1. The van der Waals surface area contributed by atoms with E-state index >= 15 is 0 Å². The Bertz CT molecular complexity index is 1110. The highest BCUT2D eigenvalue weighted by atomic mass is 35.5. The summed E-state index contributed by atoms with van der Waals surface area (Å²) in [5, 5.41) is 0.986. The van der Waals surface area contributed by atoms with Crippen molar-refractivity contribution < 1.29 is 4.79 Å². The van der Waals surface area contributed by atoms with Gasteiger partial charge in [0.2, 0.25) is 5.91 Å². The number of benzene rings is 2. The molecule has 0 spiro atoms. The lowest BCUT2D eigenvalue weighted by Gasteiger charge is -2.20. The van der Waals surface area contributed by atoms with E-state index in [1.54, 1.807) is 53.4 Å². The number of carbonyl (C=O) groups is 1. The molecule has 1 aromatic heterocycles. The van der Waals surface area contributed by atoms with E-state index < -0.39 is 5.69 Å². The first-order chi connectivity index (χ1) is 13.5. The second-order valence-corrected chi connectivity index (χ2v) is 6.91. The summed E-state index contributed by atoms with van der Waals surface area (Å²) >= 11 is 5.92. The summed E-state index contributed by atoms with van der Waals surface area (Å²) in [5.74, 6) is -0.158. The second kappa shape index (κ2) is 8.44. The van der Waals surface area contributed by atoms with Crippen LogP contribution < -0.4 is 11.2 Å². The lowest BCUT2D eigenvalue weighted by Crippen LogP contribution is -2.43. The molecule has 0 unspecified atom stereocenters. The molecule has 3 aromatic rings. The summed E-state index contributed by atoms with van der Waals surface area (Å²) in [7, 11) is 0. The van der Waals surface area contributed by atoms with Crippen LogP contribution in [-0.2, 0) is 17.9 Å². The van der Waals surface area contributed by atoms with Gasteiger partial charge in [-0.1, -0.05) is 35.9 Å². The summed E-state index contributed by atoms with van der Waals surface area (Å²) in [6.07, 6.45) is 0. The highest BCUT2D eigenvalue weighted by Gasteiger charge is 2.17. The Kier molecular flexibility index (Phi) is 5.99. The maximum atomic E-state index is 13.1. The zero-order valence-corrected chi connectivity index (χ0v) is 16.6. The van der Waals surface area contributed by atoms with Crippen molar-refractivity contribution in [1.29, 1.82) is 0 Å². The van der Waals surface area contributed by atoms with Crippen molar-refractivity contribution in [2.45, 2.75) is 26.9 Å². The molecule has 0 saturated carbocycles. The van der Waals surface area contributed by atoms with Crippen LogP contribution in [-0.4, -0.2) is 33.0 Å². The quantitative estimate of drug-likeness (QED) is 0.640. The molecule has 0 N–H and O–H groups in total. The smallest absolute Gasteiger partial charge is 0.332 e. The summed E-state index contributed by atoms with van der Waals surface area (Å²) in [6.45, 7) is 4.91.